The molecule has 1 aliphatic heterocycles. The molecule has 0 bridgehead atoms. The number of likely N-dealkylation sites (N-methyl/N-ethyl adjacent to an activating group) is 1. The quantitative estimate of drug-likeness (QED) is 0.246. The zero-order valence-electron chi connectivity index (χ0n) is 27.5. The smallest absolute Gasteiger partial charge is 0.328 e. The van der Waals surface area contributed by atoms with Gasteiger partial charge in [0.2, 0.25) is 17.7 Å². The Hall–Kier alpha value is -2.95. The highest BCUT2D eigenvalue weighted by atomic mass is 16.5. The minimum atomic E-state index is -1.03. The Bertz CT molecular complexity index is 986. The summed E-state index contributed by atoms with van der Waals surface area (Å²) in [5.41, 5.74) is -0.268. The van der Waals surface area contributed by atoms with Gasteiger partial charge in [-0.05, 0) is 57.9 Å². The SMILES string of the molecule is COC(=O)CC[C@@H](NC(=O)/C(C)=C/[C@H](C(C)C)N(C)C(=O)[C@@H](NC(=O)[C@H]1CCCCN1C(C)C)C(C)(C)C)C(=O)OC. The number of carbonyl (C=O) groups is 5. The molecule has 11 nitrogen and oxygen atoms in total. The molecule has 42 heavy (non-hydrogen) atoms. The number of methoxy groups -OCH3 is 2. The molecule has 0 unspecified atom stereocenters. The molecule has 0 radical (unpaired) electrons. The molecule has 0 aromatic rings. The molecular weight excluding hydrogens is 540 g/mol. The van der Waals surface area contributed by atoms with Crippen LogP contribution in [0.4, 0.5) is 0 Å². The molecule has 0 spiro atoms. The van der Waals surface area contributed by atoms with Crippen molar-refractivity contribution in [3.05, 3.63) is 11.6 Å². The van der Waals surface area contributed by atoms with Crippen molar-refractivity contribution in [2.75, 3.05) is 27.8 Å². The number of hydrogen-bond acceptors (Lipinski definition) is 8. The molecule has 0 aliphatic carbocycles. The zero-order chi connectivity index (χ0) is 32.4. The fourth-order valence-electron chi connectivity index (χ4n) is 5.20. The van der Waals surface area contributed by atoms with Gasteiger partial charge in [-0.15, -0.1) is 0 Å². The minimum Gasteiger partial charge on any atom is -0.469 e. The zero-order valence-corrected chi connectivity index (χ0v) is 27.5. The van der Waals surface area contributed by atoms with E-state index in [0.29, 0.717) is 5.57 Å². The van der Waals surface area contributed by atoms with Gasteiger partial charge in [-0.25, -0.2) is 4.79 Å². The summed E-state index contributed by atoms with van der Waals surface area (Å²) in [6.45, 7) is 16.3. The Morgan fingerprint density at radius 1 is 1.00 bits per heavy atom. The lowest BCUT2D eigenvalue weighted by molar-refractivity contribution is -0.146. The minimum absolute atomic E-state index is 0.0204. The molecule has 0 saturated carbocycles. The summed E-state index contributed by atoms with van der Waals surface area (Å²) < 4.78 is 9.42. The topological polar surface area (TPSA) is 134 Å². The summed E-state index contributed by atoms with van der Waals surface area (Å²) in [6, 6.07) is -2.35. The number of carbonyl (C=O) groups excluding carboxylic acids is 5. The molecule has 0 aromatic heterocycles. The summed E-state index contributed by atoms with van der Waals surface area (Å²) in [5.74, 6) is -2.16. The normalized spacial score (nSPS) is 18.6. The van der Waals surface area contributed by atoms with Crippen LogP contribution in [0.25, 0.3) is 0 Å². The highest BCUT2D eigenvalue weighted by molar-refractivity contribution is 5.96. The standard InChI is InChI=1S/C31H54N4O7/c1-19(2)24(18-21(5)27(37)32-22(30(40)42-11)15-16-25(36)41-10)34(9)29(39)26(31(6,7)8)33-28(38)23-14-12-13-17-35(23)20(3)4/h18-20,22-24,26H,12-17H2,1-11H3,(H,32,37)(H,33,38)/b21-18+/t22-,23-,24-,26-/m1/s1. The van der Waals surface area contributed by atoms with E-state index >= 15 is 0 Å². The Morgan fingerprint density at radius 3 is 2.12 bits per heavy atom. The number of nitrogens with zero attached hydrogens (tertiary/aromatic N) is 2. The summed E-state index contributed by atoms with van der Waals surface area (Å²) >= 11 is 0. The predicted molar refractivity (Wildman–Crippen MR) is 161 cm³/mol. The maximum Gasteiger partial charge on any atom is 0.328 e. The van der Waals surface area contributed by atoms with Gasteiger partial charge in [0, 0.05) is 25.1 Å². The molecule has 2 N–H and O–H groups in total. The highest BCUT2D eigenvalue weighted by Crippen LogP contribution is 2.26. The molecule has 0 aromatic carbocycles. The fourth-order valence-corrected chi connectivity index (χ4v) is 5.20. The van der Waals surface area contributed by atoms with E-state index in [0.717, 1.165) is 25.8 Å². The number of esters is 2. The third-order valence-corrected chi connectivity index (χ3v) is 7.82. The molecular formula is C31H54N4O7. The largest absolute Gasteiger partial charge is 0.469 e. The molecule has 11 heteroatoms. The second-order valence-corrected chi connectivity index (χ2v) is 12.8. The molecule has 1 rings (SSSR count). The highest BCUT2D eigenvalue weighted by Gasteiger charge is 2.40. The van der Waals surface area contributed by atoms with Gasteiger partial charge in [-0.1, -0.05) is 47.1 Å². The molecule has 1 aliphatic rings. The number of nitrogens with one attached hydrogen (secondary N) is 2. The molecule has 1 saturated heterocycles. The van der Waals surface area contributed by atoms with Gasteiger partial charge >= 0.3 is 11.9 Å². The van der Waals surface area contributed by atoms with E-state index in [1.807, 2.05) is 34.6 Å². The van der Waals surface area contributed by atoms with Crippen LogP contribution in [0.5, 0.6) is 0 Å². The third kappa shape index (κ3) is 10.7. The van der Waals surface area contributed by atoms with E-state index in [2.05, 4.69) is 34.1 Å². The lowest BCUT2D eigenvalue weighted by Crippen LogP contribution is -2.60. The van der Waals surface area contributed by atoms with Gasteiger partial charge in [0.05, 0.1) is 26.3 Å². The van der Waals surface area contributed by atoms with Crippen LogP contribution in [0, 0.1) is 11.3 Å². The van der Waals surface area contributed by atoms with Crippen LogP contribution in [-0.4, -0.2) is 97.5 Å². The molecule has 1 heterocycles. The maximum absolute atomic E-state index is 14.0. The van der Waals surface area contributed by atoms with Gasteiger partial charge in [0.15, 0.2) is 0 Å². The average Bonchev–Trinajstić information content (AvgIpc) is 2.93. The van der Waals surface area contributed by atoms with Gasteiger partial charge in [-0.3, -0.25) is 24.1 Å². The molecule has 1 fully saturated rings. The number of amides is 3. The summed E-state index contributed by atoms with van der Waals surface area (Å²) in [5, 5.41) is 5.70. The van der Waals surface area contributed by atoms with E-state index in [1.54, 1.807) is 24.9 Å². The van der Waals surface area contributed by atoms with Crippen LogP contribution >= 0.6 is 0 Å². The van der Waals surface area contributed by atoms with Crippen molar-refractivity contribution in [3.63, 3.8) is 0 Å². The Morgan fingerprint density at radius 2 is 1.62 bits per heavy atom. The first-order valence-corrected chi connectivity index (χ1v) is 14.9. The van der Waals surface area contributed by atoms with E-state index < -0.39 is 41.4 Å². The van der Waals surface area contributed by atoms with Crippen molar-refractivity contribution in [1.82, 2.24) is 20.4 Å². The molecule has 4 atom stereocenters. The molecule has 3 amide bonds. The average molecular weight is 595 g/mol. The number of hydrogen-bond donors (Lipinski definition) is 2. The fraction of sp³-hybridized carbons (Fsp3) is 0.774. The maximum atomic E-state index is 14.0. The summed E-state index contributed by atoms with van der Waals surface area (Å²) in [7, 11) is 4.13. The monoisotopic (exact) mass is 594 g/mol. The van der Waals surface area contributed by atoms with Crippen LogP contribution < -0.4 is 10.6 Å². The lowest BCUT2D eigenvalue weighted by Gasteiger charge is -2.41. The van der Waals surface area contributed by atoms with Crippen molar-refractivity contribution in [1.29, 1.82) is 0 Å². The van der Waals surface area contributed by atoms with Gasteiger partial charge in [0.1, 0.15) is 12.1 Å². The number of likely N-dealkylation sites (tertiary alicyclic amines) is 1. The first-order valence-electron chi connectivity index (χ1n) is 14.9. The van der Waals surface area contributed by atoms with Crippen molar-refractivity contribution < 1.29 is 33.4 Å². The van der Waals surface area contributed by atoms with Crippen molar-refractivity contribution in [2.45, 2.75) is 118 Å². The first-order chi connectivity index (χ1) is 19.5. The van der Waals surface area contributed by atoms with E-state index in [4.69, 9.17) is 4.74 Å². The number of ether oxygens (including phenoxy) is 2. The second-order valence-electron chi connectivity index (χ2n) is 12.8. The van der Waals surface area contributed by atoms with Crippen LogP contribution in [0.1, 0.15) is 87.5 Å². The Balaban J connectivity index is 3.18. The van der Waals surface area contributed by atoms with E-state index in [-0.39, 0.29) is 42.7 Å². The van der Waals surface area contributed by atoms with Crippen molar-refractivity contribution in [3.8, 4) is 0 Å². The Kier molecular flexibility index (Phi) is 14.7. The van der Waals surface area contributed by atoms with Gasteiger partial charge in [0.25, 0.3) is 0 Å². The van der Waals surface area contributed by atoms with Crippen LogP contribution in [0.2, 0.25) is 0 Å². The van der Waals surface area contributed by atoms with Gasteiger partial charge in [-0.2, -0.15) is 0 Å². The van der Waals surface area contributed by atoms with E-state index in [9.17, 15) is 24.0 Å². The Labute approximate surface area is 252 Å². The van der Waals surface area contributed by atoms with Crippen molar-refractivity contribution >= 4 is 29.7 Å². The van der Waals surface area contributed by atoms with Crippen LogP contribution in [0.3, 0.4) is 0 Å². The van der Waals surface area contributed by atoms with Crippen LogP contribution in [-0.2, 0) is 33.4 Å². The van der Waals surface area contributed by atoms with E-state index in [1.165, 1.54) is 14.2 Å². The number of piperidine rings is 1. The first kappa shape index (κ1) is 37.1. The predicted octanol–water partition coefficient (Wildman–Crippen LogP) is 2.82. The molecule has 240 valence electrons. The number of rotatable bonds is 13. The third-order valence-electron chi connectivity index (χ3n) is 7.82. The van der Waals surface area contributed by atoms with Crippen LogP contribution in [0.15, 0.2) is 11.6 Å². The van der Waals surface area contributed by atoms with Crippen molar-refractivity contribution in [2.24, 2.45) is 11.3 Å². The summed E-state index contributed by atoms with van der Waals surface area (Å²) in [6.07, 6.45) is 4.41. The van der Waals surface area contributed by atoms with Gasteiger partial charge < -0.3 is 25.0 Å². The second kappa shape index (κ2) is 16.6. The lowest BCUT2D eigenvalue weighted by atomic mass is 9.84. The summed E-state index contributed by atoms with van der Waals surface area (Å²) in [4.78, 5) is 68.1.